The van der Waals surface area contributed by atoms with Crippen LogP contribution in [0.5, 0.6) is 0 Å². The van der Waals surface area contributed by atoms with Crippen LogP contribution in [0.25, 0.3) is 0 Å². The summed E-state index contributed by atoms with van der Waals surface area (Å²) in [4.78, 5) is 14.0. The number of alkyl carbamates (subject to hydrolysis) is 1. The van der Waals surface area contributed by atoms with Crippen LogP contribution in [0.2, 0.25) is 0 Å². The summed E-state index contributed by atoms with van der Waals surface area (Å²) in [5, 5.41) is 12.8. The SMILES string of the molecule is CC(C)(C)OC(=O)NC1CCC(O)CC1N1CCC(F)(F)CC1. The van der Waals surface area contributed by atoms with Gasteiger partial charge in [0.15, 0.2) is 0 Å². The number of hydrogen-bond acceptors (Lipinski definition) is 4. The van der Waals surface area contributed by atoms with Gasteiger partial charge in [-0.2, -0.15) is 0 Å². The van der Waals surface area contributed by atoms with E-state index in [0.717, 1.165) is 0 Å². The largest absolute Gasteiger partial charge is 0.444 e. The first-order valence-electron chi connectivity index (χ1n) is 8.35. The van der Waals surface area contributed by atoms with Crippen molar-refractivity contribution in [3.63, 3.8) is 0 Å². The summed E-state index contributed by atoms with van der Waals surface area (Å²) in [6, 6.07) is -0.303. The van der Waals surface area contributed by atoms with E-state index in [0.29, 0.717) is 19.3 Å². The number of carbonyl (C=O) groups excluding carboxylic acids is 1. The van der Waals surface area contributed by atoms with Crippen molar-refractivity contribution in [3.8, 4) is 0 Å². The lowest BCUT2D eigenvalue weighted by atomic mass is 9.86. The van der Waals surface area contributed by atoms with E-state index in [1.165, 1.54) is 0 Å². The fourth-order valence-corrected chi connectivity index (χ4v) is 3.34. The average molecular weight is 334 g/mol. The first kappa shape index (κ1) is 18.4. The third kappa shape index (κ3) is 5.57. The molecule has 0 spiro atoms. The van der Waals surface area contributed by atoms with Gasteiger partial charge in [0.05, 0.1) is 6.10 Å². The van der Waals surface area contributed by atoms with Crippen LogP contribution in [-0.2, 0) is 4.74 Å². The summed E-state index contributed by atoms with van der Waals surface area (Å²) in [6.07, 6.45) is 0.438. The van der Waals surface area contributed by atoms with Crippen LogP contribution in [0.3, 0.4) is 0 Å². The molecule has 0 radical (unpaired) electrons. The van der Waals surface area contributed by atoms with E-state index in [2.05, 4.69) is 5.32 Å². The molecule has 5 nitrogen and oxygen atoms in total. The minimum atomic E-state index is -2.60. The van der Waals surface area contributed by atoms with Crippen LogP contribution in [0.15, 0.2) is 0 Å². The molecule has 3 unspecified atom stereocenters. The Balaban J connectivity index is 1.97. The van der Waals surface area contributed by atoms with Crippen molar-refractivity contribution in [2.24, 2.45) is 0 Å². The van der Waals surface area contributed by atoms with Crippen molar-refractivity contribution in [2.75, 3.05) is 13.1 Å². The Kier molecular flexibility index (Phi) is 5.51. The van der Waals surface area contributed by atoms with Gasteiger partial charge in [-0.1, -0.05) is 0 Å². The van der Waals surface area contributed by atoms with Crippen molar-refractivity contribution in [3.05, 3.63) is 0 Å². The molecule has 0 aromatic carbocycles. The number of likely N-dealkylation sites (tertiary alicyclic amines) is 1. The molecule has 0 bridgehead atoms. The van der Waals surface area contributed by atoms with Gasteiger partial charge in [0, 0.05) is 38.0 Å². The van der Waals surface area contributed by atoms with Crippen molar-refractivity contribution < 1.29 is 23.4 Å². The lowest BCUT2D eigenvalue weighted by molar-refractivity contribution is -0.0743. The van der Waals surface area contributed by atoms with E-state index >= 15 is 0 Å². The normalized spacial score (nSPS) is 32.3. The Morgan fingerprint density at radius 1 is 1.26 bits per heavy atom. The molecule has 134 valence electrons. The summed E-state index contributed by atoms with van der Waals surface area (Å²) < 4.78 is 32.0. The molecule has 1 aliphatic carbocycles. The number of aliphatic hydroxyl groups is 1. The fourth-order valence-electron chi connectivity index (χ4n) is 3.34. The molecule has 7 heteroatoms. The number of hydrogen-bond donors (Lipinski definition) is 2. The van der Waals surface area contributed by atoms with E-state index in [-0.39, 0.29) is 38.0 Å². The van der Waals surface area contributed by atoms with Crippen LogP contribution in [-0.4, -0.2) is 58.9 Å². The molecule has 2 fully saturated rings. The van der Waals surface area contributed by atoms with Gasteiger partial charge in [-0.3, -0.25) is 4.90 Å². The number of amides is 1. The van der Waals surface area contributed by atoms with Crippen LogP contribution in [0.4, 0.5) is 13.6 Å². The number of piperidine rings is 1. The monoisotopic (exact) mass is 334 g/mol. The van der Waals surface area contributed by atoms with Crippen molar-refractivity contribution >= 4 is 6.09 Å². The summed E-state index contributed by atoms with van der Waals surface area (Å²) >= 11 is 0. The van der Waals surface area contributed by atoms with Gasteiger partial charge >= 0.3 is 6.09 Å². The van der Waals surface area contributed by atoms with Crippen LogP contribution >= 0.6 is 0 Å². The van der Waals surface area contributed by atoms with Gasteiger partial charge in [0.2, 0.25) is 0 Å². The van der Waals surface area contributed by atoms with Crippen molar-refractivity contribution in [2.45, 2.75) is 82.6 Å². The number of nitrogens with zero attached hydrogens (tertiary/aromatic N) is 1. The second-order valence-electron chi connectivity index (χ2n) is 7.68. The van der Waals surface area contributed by atoms with E-state index < -0.39 is 23.7 Å². The molecule has 2 N–H and O–H groups in total. The number of rotatable bonds is 2. The lowest BCUT2D eigenvalue weighted by Crippen LogP contribution is -2.58. The minimum Gasteiger partial charge on any atom is -0.444 e. The fraction of sp³-hybridized carbons (Fsp3) is 0.938. The summed E-state index contributed by atoms with van der Waals surface area (Å²) in [5.74, 6) is -2.60. The standard InChI is InChI=1S/C16H28F2N2O3/c1-15(2,3)23-14(22)19-12-5-4-11(21)10-13(12)20-8-6-16(17,18)7-9-20/h11-13,21H,4-10H2,1-3H3,(H,19,22). The molecule has 1 saturated carbocycles. The van der Waals surface area contributed by atoms with Crippen molar-refractivity contribution in [1.29, 1.82) is 0 Å². The Labute approximate surface area is 136 Å². The Morgan fingerprint density at radius 3 is 2.43 bits per heavy atom. The van der Waals surface area contributed by atoms with Gasteiger partial charge in [-0.15, -0.1) is 0 Å². The lowest BCUT2D eigenvalue weighted by Gasteiger charge is -2.44. The molecule has 1 amide bonds. The third-order valence-electron chi connectivity index (χ3n) is 4.49. The predicted molar refractivity (Wildman–Crippen MR) is 82.6 cm³/mol. The van der Waals surface area contributed by atoms with E-state index in [4.69, 9.17) is 4.74 Å². The van der Waals surface area contributed by atoms with E-state index in [1.54, 1.807) is 20.8 Å². The predicted octanol–water partition coefficient (Wildman–Crippen LogP) is 2.52. The average Bonchev–Trinajstić information content (AvgIpc) is 2.39. The smallest absolute Gasteiger partial charge is 0.407 e. The molecule has 23 heavy (non-hydrogen) atoms. The van der Waals surface area contributed by atoms with Crippen molar-refractivity contribution in [1.82, 2.24) is 10.2 Å². The molecule has 0 aromatic rings. The molecular weight excluding hydrogens is 306 g/mol. The number of halogens is 2. The van der Waals surface area contributed by atoms with E-state index in [9.17, 15) is 18.7 Å². The first-order valence-corrected chi connectivity index (χ1v) is 8.35. The zero-order chi connectivity index (χ0) is 17.3. The zero-order valence-corrected chi connectivity index (χ0v) is 14.1. The van der Waals surface area contributed by atoms with Gasteiger partial charge in [-0.25, -0.2) is 13.6 Å². The van der Waals surface area contributed by atoms with Gasteiger partial charge < -0.3 is 15.2 Å². The summed E-state index contributed by atoms with van der Waals surface area (Å²) in [7, 11) is 0. The highest BCUT2D eigenvalue weighted by Gasteiger charge is 2.41. The summed E-state index contributed by atoms with van der Waals surface area (Å²) in [5.41, 5.74) is -0.582. The molecular formula is C16H28F2N2O3. The van der Waals surface area contributed by atoms with Gasteiger partial charge in [0.1, 0.15) is 5.60 Å². The number of alkyl halides is 2. The zero-order valence-electron chi connectivity index (χ0n) is 14.1. The number of aliphatic hydroxyl groups excluding tert-OH is 1. The highest BCUT2D eigenvalue weighted by molar-refractivity contribution is 5.68. The molecule has 2 aliphatic rings. The molecule has 0 aromatic heterocycles. The highest BCUT2D eigenvalue weighted by atomic mass is 19.3. The molecule has 1 heterocycles. The Morgan fingerprint density at radius 2 is 1.87 bits per heavy atom. The first-order chi connectivity index (χ1) is 10.6. The molecule has 2 rings (SSSR count). The van der Waals surface area contributed by atoms with Crippen LogP contribution < -0.4 is 5.32 Å². The highest BCUT2D eigenvalue weighted by Crippen LogP contribution is 2.32. The molecule has 1 aliphatic heterocycles. The number of carbonyl (C=O) groups is 1. The van der Waals surface area contributed by atoms with Gasteiger partial charge in [-0.05, 0) is 40.0 Å². The second kappa shape index (κ2) is 6.89. The second-order valence-corrected chi connectivity index (χ2v) is 7.68. The topological polar surface area (TPSA) is 61.8 Å². The maximum absolute atomic E-state index is 13.3. The number of ether oxygens (including phenoxy) is 1. The van der Waals surface area contributed by atoms with Crippen LogP contribution in [0.1, 0.15) is 52.9 Å². The maximum atomic E-state index is 13.3. The minimum absolute atomic E-state index is 0.123. The Bertz CT molecular complexity index is 416. The summed E-state index contributed by atoms with van der Waals surface area (Å²) in [6.45, 7) is 5.96. The van der Waals surface area contributed by atoms with Crippen LogP contribution in [0, 0.1) is 0 Å². The van der Waals surface area contributed by atoms with Gasteiger partial charge in [0.25, 0.3) is 5.92 Å². The third-order valence-corrected chi connectivity index (χ3v) is 4.49. The molecule has 1 saturated heterocycles. The quantitative estimate of drug-likeness (QED) is 0.815. The van der Waals surface area contributed by atoms with E-state index in [1.807, 2.05) is 4.90 Å². The molecule has 3 atom stereocenters. The maximum Gasteiger partial charge on any atom is 0.407 e. The Hall–Kier alpha value is -0.950. The number of nitrogens with one attached hydrogen (secondary N) is 1.